The molecule has 0 atom stereocenters. The third-order valence-electron chi connectivity index (χ3n) is 7.45. The molecule has 1 aromatic heterocycles. The summed E-state index contributed by atoms with van der Waals surface area (Å²) in [7, 11) is 0. The van der Waals surface area contributed by atoms with Gasteiger partial charge in [0.15, 0.2) is 0 Å². The number of hydrogen-bond acceptors (Lipinski definition) is 4. The second kappa shape index (κ2) is 7.47. The predicted molar refractivity (Wildman–Crippen MR) is 112 cm³/mol. The van der Waals surface area contributed by atoms with Crippen LogP contribution in [0.2, 0.25) is 0 Å². The molecule has 9 heteroatoms. The molecule has 2 aliphatic heterocycles. The van der Waals surface area contributed by atoms with Crippen LogP contribution in [0.25, 0.3) is 11.0 Å². The quantitative estimate of drug-likeness (QED) is 0.775. The van der Waals surface area contributed by atoms with Crippen molar-refractivity contribution in [2.75, 3.05) is 32.7 Å². The average molecular weight is 430 g/mol. The lowest BCUT2D eigenvalue weighted by Gasteiger charge is -2.36. The van der Waals surface area contributed by atoms with Crippen LogP contribution in [0.1, 0.15) is 54.9 Å². The van der Waals surface area contributed by atoms with E-state index in [0.29, 0.717) is 48.9 Å². The van der Waals surface area contributed by atoms with E-state index in [4.69, 9.17) is 5.11 Å². The van der Waals surface area contributed by atoms with Crippen molar-refractivity contribution < 1.29 is 19.1 Å². The van der Waals surface area contributed by atoms with E-state index in [9.17, 15) is 18.8 Å². The Morgan fingerprint density at radius 1 is 1.10 bits per heavy atom. The Labute approximate surface area is 178 Å². The fourth-order valence-electron chi connectivity index (χ4n) is 5.21. The molecule has 8 nitrogen and oxygen atoms in total. The normalized spacial score (nSPS) is 21.6. The lowest BCUT2D eigenvalue weighted by atomic mass is 9.93. The number of carbonyl (C=O) groups is 2. The van der Waals surface area contributed by atoms with Gasteiger partial charge in [-0.2, -0.15) is 0 Å². The summed E-state index contributed by atoms with van der Waals surface area (Å²) in [6, 6.07) is 2.17. The number of rotatable bonds is 4. The van der Waals surface area contributed by atoms with Crippen LogP contribution in [0.5, 0.6) is 0 Å². The highest BCUT2D eigenvalue weighted by molar-refractivity contribution is 5.92. The molecule has 1 aliphatic carbocycles. The van der Waals surface area contributed by atoms with E-state index < -0.39 is 17.3 Å². The Bertz CT molecular complexity index is 1080. The lowest BCUT2D eigenvalue weighted by Crippen LogP contribution is -2.46. The molecule has 5 rings (SSSR count). The van der Waals surface area contributed by atoms with Crippen LogP contribution >= 0.6 is 0 Å². The van der Waals surface area contributed by atoms with Crippen molar-refractivity contribution in [1.82, 2.24) is 19.4 Å². The third-order valence-corrected chi connectivity index (χ3v) is 7.45. The first-order chi connectivity index (χ1) is 14.8. The number of likely N-dealkylation sites (tertiary alicyclic amines) is 2. The van der Waals surface area contributed by atoms with E-state index in [-0.39, 0.29) is 17.6 Å². The van der Waals surface area contributed by atoms with E-state index >= 15 is 0 Å². The molecule has 0 unspecified atom stereocenters. The van der Waals surface area contributed by atoms with Crippen molar-refractivity contribution in [2.24, 2.45) is 5.41 Å². The maximum Gasteiger partial charge on any atom is 0.338 e. The monoisotopic (exact) mass is 430 g/mol. The molecular formula is C22H27FN4O4. The summed E-state index contributed by atoms with van der Waals surface area (Å²) in [6.45, 7) is 3.50. The number of aromatic amines is 1. The second-order valence-electron chi connectivity index (χ2n) is 9.34. The van der Waals surface area contributed by atoms with Crippen molar-refractivity contribution in [3.05, 3.63) is 34.0 Å². The zero-order valence-corrected chi connectivity index (χ0v) is 17.4. The topological polar surface area (TPSA) is 98.6 Å². The largest absolute Gasteiger partial charge is 0.478 e. The van der Waals surface area contributed by atoms with Gasteiger partial charge in [0, 0.05) is 38.3 Å². The molecular weight excluding hydrogens is 403 g/mol. The maximum absolute atomic E-state index is 14.2. The highest BCUT2D eigenvalue weighted by Crippen LogP contribution is 2.53. The van der Waals surface area contributed by atoms with Gasteiger partial charge in [0.25, 0.3) is 0 Å². The number of piperidine rings is 2. The van der Waals surface area contributed by atoms with Crippen LogP contribution < -0.4 is 5.69 Å². The van der Waals surface area contributed by atoms with E-state index in [1.54, 1.807) is 0 Å². The number of imidazole rings is 1. The van der Waals surface area contributed by atoms with Gasteiger partial charge < -0.3 is 15.0 Å². The number of carboxylic acids is 1. The zero-order valence-electron chi connectivity index (χ0n) is 17.4. The summed E-state index contributed by atoms with van der Waals surface area (Å²) in [4.78, 5) is 43.1. The summed E-state index contributed by atoms with van der Waals surface area (Å²) >= 11 is 0. The Balaban J connectivity index is 1.23. The zero-order chi connectivity index (χ0) is 21.8. The molecule has 1 spiro atoms. The summed E-state index contributed by atoms with van der Waals surface area (Å²) in [5, 5.41) is 9.10. The summed E-state index contributed by atoms with van der Waals surface area (Å²) in [5.74, 6) is -2.04. The third kappa shape index (κ3) is 3.75. The van der Waals surface area contributed by atoms with Crippen LogP contribution in [0.3, 0.4) is 0 Å². The molecule has 1 aromatic carbocycles. The average Bonchev–Trinajstić information content (AvgIpc) is 3.41. The molecule has 1 saturated carbocycles. The fraction of sp³-hybridized carbons (Fsp3) is 0.591. The first-order valence-electron chi connectivity index (χ1n) is 11.0. The number of fused-ring (bicyclic) bond motifs is 1. The van der Waals surface area contributed by atoms with Crippen molar-refractivity contribution in [3.8, 4) is 0 Å². The second-order valence-corrected chi connectivity index (χ2v) is 9.34. The van der Waals surface area contributed by atoms with Gasteiger partial charge in [-0.3, -0.25) is 14.3 Å². The lowest BCUT2D eigenvalue weighted by molar-refractivity contribution is -0.134. The van der Waals surface area contributed by atoms with E-state index in [1.165, 1.54) is 23.5 Å². The molecule has 3 fully saturated rings. The molecule has 166 valence electrons. The minimum absolute atomic E-state index is 0.118. The Hall–Kier alpha value is -2.68. The summed E-state index contributed by atoms with van der Waals surface area (Å²) in [6.07, 6.45) is 6.24. The van der Waals surface area contributed by atoms with Gasteiger partial charge in [0.1, 0.15) is 5.82 Å². The fourth-order valence-corrected chi connectivity index (χ4v) is 5.21. The Morgan fingerprint density at radius 3 is 2.39 bits per heavy atom. The molecule has 2 N–H and O–H groups in total. The maximum atomic E-state index is 14.2. The molecule has 2 saturated heterocycles. The Morgan fingerprint density at radius 2 is 1.77 bits per heavy atom. The van der Waals surface area contributed by atoms with Crippen LogP contribution in [-0.2, 0) is 4.79 Å². The van der Waals surface area contributed by atoms with Crippen molar-refractivity contribution >= 4 is 22.9 Å². The SMILES string of the molecule is O=C(O)c1cc2[nH]c(=O)n(C3CCN(CC(=O)N4CCC5(CC4)CC5)CC3)c2cc1F. The van der Waals surface area contributed by atoms with Gasteiger partial charge in [-0.15, -0.1) is 0 Å². The van der Waals surface area contributed by atoms with Crippen molar-refractivity contribution in [1.29, 1.82) is 0 Å². The minimum atomic E-state index is -1.37. The van der Waals surface area contributed by atoms with Gasteiger partial charge >= 0.3 is 11.7 Å². The molecule has 1 amide bonds. The van der Waals surface area contributed by atoms with Crippen LogP contribution in [0.4, 0.5) is 4.39 Å². The first kappa shape index (κ1) is 20.2. The van der Waals surface area contributed by atoms with Crippen LogP contribution in [-0.4, -0.2) is 69.1 Å². The summed E-state index contributed by atoms with van der Waals surface area (Å²) in [5.41, 5.74) is 0.421. The molecule has 3 aliphatic rings. The highest BCUT2D eigenvalue weighted by atomic mass is 19.1. The number of aromatic nitrogens is 2. The number of H-pyrrole nitrogens is 1. The smallest absolute Gasteiger partial charge is 0.338 e. The predicted octanol–water partition coefficient (Wildman–Crippen LogP) is 2.21. The standard InChI is InChI=1S/C22H27FN4O4/c23-16-12-18-17(11-15(16)20(29)30)24-21(31)27(18)14-1-7-25(8-2-14)13-19(28)26-9-5-22(3-4-22)6-10-26/h11-12,14H,1-10,13H2,(H,24,31)(H,29,30). The van der Waals surface area contributed by atoms with Crippen molar-refractivity contribution in [2.45, 2.75) is 44.6 Å². The van der Waals surface area contributed by atoms with E-state index in [1.807, 2.05) is 4.90 Å². The van der Waals surface area contributed by atoms with Gasteiger partial charge in [0.05, 0.1) is 23.1 Å². The number of carboxylic acid groups (broad SMARTS) is 1. The van der Waals surface area contributed by atoms with Crippen molar-refractivity contribution in [3.63, 3.8) is 0 Å². The number of nitrogens with zero attached hydrogens (tertiary/aromatic N) is 3. The number of amides is 1. The van der Waals surface area contributed by atoms with Gasteiger partial charge in [-0.25, -0.2) is 14.0 Å². The number of aromatic carboxylic acids is 1. The number of halogens is 1. The summed E-state index contributed by atoms with van der Waals surface area (Å²) < 4.78 is 15.7. The molecule has 0 bridgehead atoms. The van der Waals surface area contributed by atoms with Gasteiger partial charge in [-0.1, -0.05) is 0 Å². The number of benzene rings is 1. The van der Waals surface area contributed by atoms with Crippen LogP contribution in [0, 0.1) is 11.2 Å². The number of carbonyl (C=O) groups excluding carboxylic acids is 1. The first-order valence-corrected chi connectivity index (χ1v) is 11.0. The minimum Gasteiger partial charge on any atom is -0.478 e. The number of hydrogen-bond donors (Lipinski definition) is 2. The Kier molecular flexibility index (Phi) is 4.88. The highest BCUT2D eigenvalue weighted by Gasteiger charge is 2.45. The molecule has 2 aromatic rings. The molecule has 0 radical (unpaired) electrons. The number of nitrogens with one attached hydrogen (secondary N) is 1. The molecule has 3 heterocycles. The van der Waals surface area contributed by atoms with Gasteiger partial charge in [-0.05, 0) is 50.0 Å². The van der Waals surface area contributed by atoms with Crippen LogP contribution in [0.15, 0.2) is 16.9 Å². The van der Waals surface area contributed by atoms with E-state index in [0.717, 1.165) is 32.0 Å². The molecule has 31 heavy (non-hydrogen) atoms. The van der Waals surface area contributed by atoms with E-state index in [2.05, 4.69) is 9.88 Å². The van der Waals surface area contributed by atoms with Gasteiger partial charge in [0.2, 0.25) is 5.91 Å².